The van der Waals surface area contributed by atoms with Crippen molar-refractivity contribution in [1.82, 2.24) is 19.9 Å². The molecule has 1 aromatic carbocycles. The highest BCUT2D eigenvalue weighted by molar-refractivity contribution is 6.33. The van der Waals surface area contributed by atoms with Gasteiger partial charge in [-0.25, -0.2) is 9.97 Å². The molecule has 0 bridgehead atoms. The highest BCUT2D eigenvalue weighted by atomic mass is 35.5. The third-order valence-electron chi connectivity index (χ3n) is 6.72. The van der Waals surface area contributed by atoms with Crippen molar-refractivity contribution in [3.8, 4) is 17.3 Å². The van der Waals surface area contributed by atoms with Crippen molar-refractivity contribution in [1.29, 1.82) is 0 Å². The second kappa shape index (κ2) is 11.4. The first kappa shape index (κ1) is 28.4. The van der Waals surface area contributed by atoms with Crippen molar-refractivity contribution in [3.63, 3.8) is 0 Å². The Hall–Kier alpha value is -4.10. The maximum Gasteiger partial charge on any atom is 0.416 e. The summed E-state index contributed by atoms with van der Waals surface area (Å²) in [4.78, 5) is 37.6. The number of aromatic nitrogens is 3. The predicted octanol–water partition coefficient (Wildman–Crippen LogP) is 4.34. The SMILES string of the molecule is CCc1c(N2CCNCC2)c(=O)c2nc(-c3ccnc(OC)c3)oc2n1CC(=O)Nc1ccc(C(F)(F)F)cc1Cl. The molecular weight excluding hydrogens is 565 g/mol. The molecule has 2 N–H and O–H groups in total. The summed E-state index contributed by atoms with van der Waals surface area (Å²) in [6.45, 7) is 4.05. The molecule has 3 aromatic heterocycles. The molecule has 1 fully saturated rings. The first-order valence-corrected chi connectivity index (χ1v) is 13.2. The molecule has 1 saturated heterocycles. The lowest BCUT2D eigenvalue weighted by atomic mass is 10.1. The summed E-state index contributed by atoms with van der Waals surface area (Å²) < 4.78 is 52.0. The molecule has 4 aromatic rings. The van der Waals surface area contributed by atoms with Gasteiger partial charge in [0.05, 0.1) is 23.4 Å². The van der Waals surface area contributed by atoms with E-state index in [1.165, 1.54) is 13.3 Å². The standard InChI is InChI=1S/C27H26ClF3N6O4/c1-3-19-23(36-10-8-32-9-11-36)24(39)22-26(41-25(35-22)15-6-7-33-21(12-15)40-2)37(19)14-20(38)34-18-5-4-16(13-17(18)28)27(29,30)31/h4-7,12-13,32H,3,8-11,14H2,1-2H3,(H,34,38). The van der Waals surface area contributed by atoms with Crippen LogP contribution in [0.1, 0.15) is 18.2 Å². The van der Waals surface area contributed by atoms with Crippen molar-refractivity contribution >= 4 is 40.1 Å². The molecule has 0 spiro atoms. The second-order valence-electron chi connectivity index (χ2n) is 9.30. The smallest absolute Gasteiger partial charge is 0.416 e. The Labute approximate surface area is 237 Å². The average molecular weight is 591 g/mol. The maximum absolute atomic E-state index is 13.8. The van der Waals surface area contributed by atoms with Crippen LogP contribution >= 0.6 is 11.6 Å². The fraction of sp³-hybridized carbons (Fsp3) is 0.333. The molecule has 0 atom stereocenters. The zero-order valence-electron chi connectivity index (χ0n) is 22.1. The Bertz CT molecular complexity index is 1660. The number of carbonyl (C=O) groups is 1. The van der Waals surface area contributed by atoms with E-state index in [0.29, 0.717) is 55.4 Å². The van der Waals surface area contributed by atoms with Crippen molar-refractivity contribution in [3.05, 3.63) is 63.0 Å². The van der Waals surface area contributed by atoms with E-state index in [4.69, 9.17) is 20.8 Å². The second-order valence-corrected chi connectivity index (χ2v) is 9.71. The number of pyridine rings is 2. The number of piperazine rings is 1. The number of nitrogens with one attached hydrogen (secondary N) is 2. The molecule has 10 nitrogen and oxygen atoms in total. The van der Waals surface area contributed by atoms with Gasteiger partial charge in [0.25, 0.3) is 0 Å². The number of benzene rings is 1. The van der Waals surface area contributed by atoms with Gasteiger partial charge in [-0.3, -0.25) is 9.59 Å². The van der Waals surface area contributed by atoms with Crippen molar-refractivity contribution in [2.75, 3.05) is 43.5 Å². The number of hydrogen-bond donors (Lipinski definition) is 2. The van der Waals surface area contributed by atoms with E-state index in [0.717, 1.165) is 18.2 Å². The monoisotopic (exact) mass is 590 g/mol. The summed E-state index contributed by atoms with van der Waals surface area (Å²) in [5.74, 6) is -0.123. The minimum Gasteiger partial charge on any atom is -0.481 e. The molecule has 14 heteroatoms. The first-order valence-electron chi connectivity index (χ1n) is 12.8. The Balaban J connectivity index is 1.60. The van der Waals surface area contributed by atoms with E-state index < -0.39 is 17.6 Å². The van der Waals surface area contributed by atoms with Crippen molar-refractivity contribution < 1.29 is 27.1 Å². The molecule has 0 aliphatic carbocycles. The van der Waals surface area contributed by atoms with Crippen LogP contribution in [0.25, 0.3) is 22.7 Å². The highest BCUT2D eigenvalue weighted by Crippen LogP contribution is 2.34. The highest BCUT2D eigenvalue weighted by Gasteiger charge is 2.31. The average Bonchev–Trinajstić information content (AvgIpc) is 3.41. The molecule has 1 aliphatic heterocycles. The van der Waals surface area contributed by atoms with Crippen LogP contribution in [0.2, 0.25) is 5.02 Å². The van der Waals surface area contributed by atoms with Crippen LogP contribution in [-0.4, -0.2) is 53.7 Å². The van der Waals surface area contributed by atoms with E-state index in [1.807, 2.05) is 11.8 Å². The minimum atomic E-state index is -4.58. The van der Waals surface area contributed by atoms with E-state index in [-0.39, 0.29) is 39.8 Å². The molecule has 0 radical (unpaired) electrons. The minimum absolute atomic E-state index is 0.0180. The van der Waals surface area contributed by atoms with Crippen LogP contribution < -0.4 is 25.7 Å². The lowest BCUT2D eigenvalue weighted by Gasteiger charge is -2.31. The number of methoxy groups -OCH3 is 1. The number of hydrogen-bond acceptors (Lipinski definition) is 8. The Morgan fingerprint density at radius 1 is 1.22 bits per heavy atom. The van der Waals surface area contributed by atoms with Gasteiger partial charge in [-0.05, 0) is 30.7 Å². The fourth-order valence-corrected chi connectivity index (χ4v) is 5.01. The molecule has 41 heavy (non-hydrogen) atoms. The Kier molecular flexibility index (Phi) is 7.91. The quantitative estimate of drug-likeness (QED) is 0.327. The van der Waals surface area contributed by atoms with Gasteiger partial charge in [0.2, 0.25) is 28.8 Å². The number of nitrogens with zero attached hydrogens (tertiary/aromatic N) is 4. The van der Waals surface area contributed by atoms with Crippen LogP contribution in [0.4, 0.5) is 24.5 Å². The summed E-state index contributed by atoms with van der Waals surface area (Å²) in [6, 6.07) is 5.95. The largest absolute Gasteiger partial charge is 0.481 e. The number of amides is 1. The zero-order chi connectivity index (χ0) is 29.3. The van der Waals surface area contributed by atoms with Gasteiger partial charge in [0, 0.05) is 49.7 Å². The molecular formula is C27H26ClF3N6O4. The molecule has 216 valence electrons. The number of halogens is 4. The molecule has 0 saturated carbocycles. The summed E-state index contributed by atoms with van der Waals surface area (Å²) in [7, 11) is 1.47. The van der Waals surface area contributed by atoms with E-state index in [1.54, 1.807) is 16.7 Å². The number of alkyl halides is 3. The number of rotatable bonds is 7. The Morgan fingerprint density at radius 2 is 1.98 bits per heavy atom. The fourth-order valence-electron chi connectivity index (χ4n) is 4.78. The molecule has 0 unspecified atom stereocenters. The van der Waals surface area contributed by atoms with Crippen LogP contribution in [-0.2, 0) is 23.9 Å². The van der Waals surface area contributed by atoms with Gasteiger partial charge in [-0.2, -0.15) is 13.2 Å². The number of anilines is 2. The summed E-state index contributed by atoms with van der Waals surface area (Å²) in [6.07, 6.45) is -2.68. The van der Waals surface area contributed by atoms with E-state index in [2.05, 4.69) is 20.6 Å². The van der Waals surface area contributed by atoms with Gasteiger partial charge in [0.1, 0.15) is 12.2 Å². The van der Waals surface area contributed by atoms with Crippen LogP contribution in [0.3, 0.4) is 0 Å². The summed E-state index contributed by atoms with van der Waals surface area (Å²) in [5.41, 5.74) is 0.399. The summed E-state index contributed by atoms with van der Waals surface area (Å²) in [5, 5.41) is 5.57. The van der Waals surface area contributed by atoms with Crippen molar-refractivity contribution in [2.45, 2.75) is 26.1 Å². The van der Waals surface area contributed by atoms with Gasteiger partial charge >= 0.3 is 6.18 Å². The number of carbonyl (C=O) groups excluding carboxylic acids is 1. The molecule has 1 aliphatic rings. The van der Waals surface area contributed by atoms with Gasteiger partial charge in [-0.1, -0.05) is 18.5 Å². The zero-order valence-corrected chi connectivity index (χ0v) is 22.9. The summed E-state index contributed by atoms with van der Waals surface area (Å²) >= 11 is 6.06. The maximum atomic E-state index is 13.8. The molecule has 1 amide bonds. The van der Waals surface area contributed by atoms with Crippen LogP contribution in [0.15, 0.2) is 45.7 Å². The topological polar surface area (TPSA) is 115 Å². The third-order valence-corrected chi connectivity index (χ3v) is 7.03. The van der Waals surface area contributed by atoms with E-state index in [9.17, 15) is 22.8 Å². The van der Waals surface area contributed by atoms with Crippen molar-refractivity contribution in [2.24, 2.45) is 0 Å². The first-order chi connectivity index (χ1) is 19.6. The predicted molar refractivity (Wildman–Crippen MR) is 148 cm³/mol. The normalized spacial score (nSPS) is 14.0. The van der Waals surface area contributed by atoms with Crippen LogP contribution in [0.5, 0.6) is 5.88 Å². The number of fused-ring (bicyclic) bond motifs is 1. The van der Waals surface area contributed by atoms with E-state index >= 15 is 0 Å². The third kappa shape index (κ3) is 5.72. The Morgan fingerprint density at radius 3 is 2.63 bits per heavy atom. The van der Waals surface area contributed by atoms with Gasteiger partial charge in [-0.15, -0.1) is 0 Å². The number of ether oxygens (including phenoxy) is 1. The molecule has 4 heterocycles. The molecule has 5 rings (SSSR count). The van der Waals surface area contributed by atoms with Crippen LogP contribution in [0, 0.1) is 0 Å². The van der Waals surface area contributed by atoms with Gasteiger partial charge in [0.15, 0.2) is 5.52 Å². The van der Waals surface area contributed by atoms with Gasteiger partial charge < -0.3 is 29.3 Å². The number of oxazole rings is 1. The lowest BCUT2D eigenvalue weighted by molar-refractivity contribution is -0.137. The lowest BCUT2D eigenvalue weighted by Crippen LogP contribution is -2.46.